The molecule has 0 saturated heterocycles. The van der Waals surface area contributed by atoms with Crippen molar-refractivity contribution in [2.45, 2.75) is 32.9 Å². The van der Waals surface area contributed by atoms with Gasteiger partial charge in [0.25, 0.3) is 0 Å². The first-order chi connectivity index (χ1) is 11.6. The van der Waals surface area contributed by atoms with Crippen LogP contribution >= 0.6 is 0 Å². The van der Waals surface area contributed by atoms with Gasteiger partial charge in [-0.15, -0.1) is 0 Å². The number of aromatic nitrogens is 2. The van der Waals surface area contributed by atoms with Gasteiger partial charge in [0.05, 0.1) is 23.2 Å². The highest BCUT2D eigenvalue weighted by molar-refractivity contribution is 7.92. The second-order valence-electron chi connectivity index (χ2n) is 6.45. The molecule has 0 N–H and O–H groups in total. The first-order valence-electron chi connectivity index (χ1n) is 7.96. The molecule has 1 unspecified atom stereocenters. The minimum Gasteiger partial charge on any atom is -0.298 e. The van der Waals surface area contributed by atoms with Crippen LogP contribution in [0.1, 0.15) is 42.0 Å². The van der Waals surface area contributed by atoms with Crippen LogP contribution in [0, 0.1) is 5.92 Å². The van der Waals surface area contributed by atoms with Crippen molar-refractivity contribution in [3.05, 3.63) is 35.2 Å². The van der Waals surface area contributed by atoms with Crippen LogP contribution in [0.2, 0.25) is 0 Å². The summed E-state index contributed by atoms with van der Waals surface area (Å²) in [5.41, 5.74) is 1.71. The Hall–Kier alpha value is -2.09. The Morgan fingerprint density at radius 3 is 2.56 bits per heavy atom. The van der Waals surface area contributed by atoms with Gasteiger partial charge in [-0.3, -0.25) is 4.79 Å². The second kappa shape index (κ2) is 7.43. The van der Waals surface area contributed by atoms with Gasteiger partial charge in [-0.05, 0) is 24.0 Å². The Balaban J connectivity index is 2.67. The lowest BCUT2D eigenvalue weighted by atomic mass is 9.96. The Bertz CT molecular complexity index is 832. The van der Waals surface area contributed by atoms with Crippen LogP contribution in [-0.2, 0) is 16.4 Å². The molecule has 0 aliphatic heterocycles. The van der Waals surface area contributed by atoms with Crippen LogP contribution in [-0.4, -0.2) is 44.1 Å². The molecule has 1 aromatic heterocycles. The predicted octanol–water partition coefficient (Wildman–Crippen LogP) is 2.56. The maximum Gasteiger partial charge on any atom is 0.239 e. The number of allylic oxidation sites excluding steroid dienone is 4. The minimum atomic E-state index is -3.55. The molecule has 1 aromatic rings. The lowest BCUT2D eigenvalue weighted by Crippen LogP contribution is -2.28. The van der Waals surface area contributed by atoms with Gasteiger partial charge in [0, 0.05) is 13.5 Å². The summed E-state index contributed by atoms with van der Waals surface area (Å²) in [6, 6.07) is 0. The van der Waals surface area contributed by atoms with E-state index >= 15 is 0 Å². The molecule has 0 saturated carbocycles. The van der Waals surface area contributed by atoms with E-state index in [2.05, 4.69) is 9.97 Å². The minimum absolute atomic E-state index is 0.00424. The van der Waals surface area contributed by atoms with Gasteiger partial charge >= 0.3 is 0 Å². The number of hydrogen-bond donors (Lipinski definition) is 0. The summed E-state index contributed by atoms with van der Waals surface area (Å²) in [4.78, 5) is 20.3. The summed E-state index contributed by atoms with van der Waals surface area (Å²) >= 11 is 0. The van der Waals surface area contributed by atoms with Crippen molar-refractivity contribution in [1.29, 1.82) is 0 Å². The van der Waals surface area contributed by atoms with E-state index in [0.29, 0.717) is 35.2 Å². The van der Waals surface area contributed by atoms with Crippen LogP contribution in [0.25, 0.3) is 5.57 Å². The molecule has 0 fully saturated rings. The molecule has 1 aliphatic rings. The molecule has 2 rings (SSSR count). The van der Waals surface area contributed by atoms with Gasteiger partial charge in [0.1, 0.15) is 6.17 Å². The van der Waals surface area contributed by atoms with E-state index in [1.54, 1.807) is 12.2 Å². The molecule has 0 bridgehead atoms. The molecular weight excluding hydrogens is 345 g/mol. The SMILES string of the molecule is CC(C)Cc1nc(N(C)S(C)(=O)=O)nc(C2=CCC(F)C=C2)c1C=O. The van der Waals surface area contributed by atoms with Gasteiger partial charge in [-0.2, -0.15) is 0 Å². The Morgan fingerprint density at radius 1 is 1.40 bits per heavy atom. The van der Waals surface area contributed by atoms with Crippen molar-refractivity contribution in [1.82, 2.24) is 9.97 Å². The number of aldehydes is 1. The van der Waals surface area contributed by atoms with Gasteiger partial charge in [-0.25, -0.2) is 27.1 Å². The monoisotopic (exact) mass is 367 g/mol. The van der Waals surface area contributed by atoms with Gasteiger partial charge in [0.15, 0.2) is 6.29 Å². The highest BCUT2D eigenvalue weighted by Crippen LogP contribution is 2.28. The molecular formula is C17H22FN3O3S. The standard InChI is InChI=1S/C17H22FN3O3S/c1-11(2)9-15-14(10-22)16(12-5-7-13(18)8-6-12)20-17(19-15)21(3)25(4,23)24/h5-7,10-11,13H,8-9H2,1-4H3. The van der Waals surface area contributed by atoms with E-state index in [4.69, 9.17) is 0 Å². The van der Waals surface area contributed by atoms with Gasteiger partial charge in [0.2, 0.25) is 16.0 Å². The highest BCUT2D eigenvalue weighted by Gasteiger charge is 2.23. The molecule has 136 valence electrons. The van der Waals surface area contributed by atoms with E-state index in [1.165, 1.54) is 13.1 Å². The first-order valence-corrected chi connectivity index (χ1v) is 9.81. The van der Waals surface area contributed by atoms with Crippen molar-refractivity contribution in [3.8, 4) is 0 Å². The van der Waals surface area contributed by atoms with Crippen molar-refractivity contribution < 1.29 is 17.6 Å². The Morgan fingerprint density at radius 2 is 2.08 bits per heavy atom. The Kier molecular flexibility index (Phi) is 5.72. The molecule has 1 atom stereocenters. The molecule has 6 nitrogen and oxygen atoms in total. The third-order valence-electron chi connectivity index (χ3n) is 3.83. The van der Waals surface area contributed by atoms with E-state index < -0.39 is 16.2 Å². The fourth-order valence-corrected chi connectivity index (χ4v) is 2.83. The lowest BCUT2D eigenvalue weighted by Gasteiger charge is -2.20. The van der Waals surface area contributed by atoms with Crippen LogP contribution < -0.4 is 4.31 Å². The highest BCUT2D eigenvalue weighted by atomic mass is 32.2. The quantitative estimate of drug-likeness (QED) is 0.722. The van der Waals surface area contributed by atoms with Crippen LogP contribution in [0.3, 0.4) is 0 Å². The maximum absolute atomic E-state index is 13.3. The Labute approximate surface area is 147 Å². The number of carbonyl (C=O) groups excluding carboxylic acids is 1. The van der Waals surface area contributed by atoms with Gasteiger partial charge in [-0.1, -0.05) is 26.0 Å². The van der Waals surface area contributed by atoms with E-state index in [0.717, 1.165) is 10.6 Å². The molecule has 1 aliphatic carbocycles. The maximum atomic E-state index is 13.3. The number of hydrogen-bond acceptors (Lipinski definition) is 5. The van der Waals surface area contributed by atoms with E-state index in [1.807, 2.05) is 13.8 Å². The molecule has 0 radical (unpaired) electrons. The largest absolute Gasteiger partial charge is 0.298 e. The number of rotatable bonds is 6. The molecule has 8 heteroatoms. The topological polar surface area (TPSA) is 80.2 Å². The zero-order valence-electron chi connectivity index (χ0n) is 14.7. The smallest absolute Gasteiger partial charge is 0.239 e. The summed E-state index contributed by atoms with van der Waals surface area (Å²) in [6.45, 7) is 3.95. The van der Waals surface area contributed by atoms with E-state index in [9.17, 15) is 17.6 Å². The average Bonchev–Trinajstić information content (AvgIpc) is 2.52. The second-order valence-corrected chi connectivity index (χ2v) is 8.46. The van der Waals surface area contributed by atoms with Crippen molar-refractivity contribution in [2.75, 3.05) is 17.6 Å². The lowest BCUT2D eigenvalue weighted by molar-refractivity contribution is 0.112. The number of nitrogens with zero attached hydrogens (tertiary/aromatic N) is 3. The van der Waals surface area contributed by atoms with E-state index in [-0.39, 0.29) is 18.3 Å². The third kappa shape index (κ3) is 4.50. The summed E-state index contributed by atoms with van der Waals surface area (Å²) in [7, 11) is -2.20. The number of anilines is 1. The molecule has 25 heavy (non-hydrogen) atoms. The van der Waals surface area contributed by atoms with Crippen molar-refractivity contribution >= 4 is 27.8 Å². The van der Waals surface area contributed by atoms with Crippen LogP contribution in [0.4, 0.5) is 10.3 Å². The summed E-state index contributed by atoms with van der Waals surface area (Å²) < 4.78 is 38.0. The molecule has 0 amide bonds. The third-order valence-corrected chi connectivity index (χ3v) is 4.99. The number of sulfonamides is 1. The molecule has 1 heterocycles. The number of halogens is 1. The van der Waals surface area contributed by atoms with Crippen LogP contribution in [0.5, 0.6) is 0 Å². The fraction of sp³-hybridized carbons (Fsp3) is 0.471. The van der Waals surface area contributed by atoms with Crippen LogP contribution in [0.15, 0.2) is 18.2 Å². The van der Waals surface area contributed by atoms with Crippen molar-refractivity contribution in [3.63, 3.8) is 0 Å². The molecule has 0 spiro atoms. The number of alkyl halides is 1. The summed E-state index contributed by atoms with van der Waals surface area (Å²) in [5.74, 6) is 0.208. The zero-order valence-corrected chi connectivity index (χ0v) is 15.5. The van der Waals surface area contributed by atoms with Gasteiger partial charge < -0.3 is 0 Å². The normalized spacial score (nSPS) is 17.5. The molecule has 0 aromatic carbocycles. The fourth-order valence-electron chi connectivity index (χ4n) is 2.45. The predicted molar refractivity (Wildman–Crippen MR) is 95.8 cm³/mol. The zero-order chi connectivity index (χ0) is 18.8. The summed E-state index contributed by atoms with van der Waals surface area (Å²) in [5, 5.41) is 0. The first kappa shape index (κ1) is 19.2. The number of carbonyl (C=O) groups is 1. The summed E-state index contributed by atoms with van der Waals surface area (Å²) in [6.07, 6.45) is 5.96. The average molecular weight is 367 g/mol. The van der Waals surface area contributed by atoms with Crippen molar-refractivity contribution in [2.24, 2.45) is 5.92 Å².